The number of hydrogen-bond donors (Lipinski definition) is 0. The first-order valence-corrected chi connectivity index (χ1v) is 10.3. The molecule has 3 rings (SSSR count). The molecule has 0 unspecified atom stereocenters. The molecule has 0 N–H and O–H groups in total. The Balaban J connectivity index is 1.73. The van der Waals surface area contributed by atoms with Crippen molar-refractivity contribution in [3.8, 4) is 5.75 Å². The molecule has 3 aromatic rings. The lowest BCUT2D eigenvalue weighted by atomic mass is 10.1. The lowest BCUT2D eigenvalue weighted by molar-refractivity contribution is 0.104. The van der Waals surface area contributed by atoms with Crippen LogP contribution in [0.5, 0.6) is 5.75 Å². The quantitative estimate of drug-likeness (QED) is 0.286. The Labute approximate surface area is 173 Å². The third-order valence-corrected chi connectivity index (χ3v) is 5.70. The molecule has 142 valence electrons. The van der Waals surface area contributed by atoms with Gasteiger partial charge in [0.1, 0.15) is 10.6 Å². The molecule has 0 bridgehead atoms. The van der Waals surface area contributed by atoms with E-state index in [-0.39, 0.29) is 26.5 Å². The van der Waals surface area contributed by atoms with E-state index in [1.807, 2.05) is 6.07 Å². The fourth-order valence-corrected chi connectivity index (χ4v) is 4.02. The van der Waals surface area contributed by atoms with Gasteiger partial charge in [-0.15, -0.1) is 0 Å². The van der Waals surface area contributed by atoms with E-state index >= 15 is 0 Å². The Morgan fingerprint density at radius 3 is 2.25 bits per heavy atom. The van der Waals surface area contributed by atoms with Crippen LogP contribution in [0.1, 0.15) is 15.9 Å². The number of ketones is 1. The van der Waals surface area contributed by atoms with E-state index in [0.29, 0.717) is 5.56 Å². The van der Waals surface area contributed by atoms with Crippen LogP contribution in [-0.2, 0) is 10.1 Å². The fraction of sp³-hybridized carbons (Fsp3) is 0. The van der Waals surface area contributed by atoms with Gasteiger partial charge in [-0.3, -0.25) is 4.79 Å². The summed E-state index contributed by atoms with van der Waals surface area (Å²) in [5.74, 6) is -0.0123. The first-order valence-electron chi connectivity index (χ1n) is 8.12. The van der Waals surface area contributed by atoms with Crippen molar-refractivity contribution >= 4 is 45.2 Å². The number of carbonyl (C=O) groups is 1. The van der Waals surface area contributed by atoms with E-state index in [9.17, 15) is 13.2 Å². The fourth-order valence-electron chi connectivity index (χ4n) is 2.35. The lowest BCUT2D eigenvalue weighted by Crippen LogP contribution is -2.10. The molecule has 3 aromatic carbocycles. The van der Waals surface area contributed by atoms with E-state index in [4.69, 9.17) is 27.4 Å². The standard InChI is InChI=1S/C21H14Cl2O4S/c22-17-9-12-19(23)21(14-17)28(25,26)27-18-10-6-15(7-11-18)8-13-20(24)16-4-2-1-3-5-16/h1-14H/b13-8+. The molecule has 0 atom stereocenters. The Morgan fingerprint density at radius 2 is 1.57 bits per heavy atom. The Hall–Kier alpha value is -2.60. The largest absolute Gasteiger partial charge is 0.379 e. The van der Waals surface area contributed by atoms with Gasteiger partial charge in [0, 0.05) is 10.6 Å². The van der Waals surface area contributed by atoms with Crippen LogP contribution in [0, 0.1) is 0 Å². The van der Waals surface area contributed by atoms with Gasteiger partial charge in [-0.05, 0) is 42.0 Å². The van der Waals surface area contributed by atoms with E-state index in [0.717, 1.165) is 5.56 Å². The van der Waals surface area contributed by atoms with Gasteiger partial charge in [-0.1, -0.05) is 71.7 Å². The lowest BCUT2D eigenvalue weighted by Gasteiger charge is -2.09. The summed E-state index contributed by atoms with van der Waals surface area (Å²) < 4.78 is 29.9. The van der Waals surface area contributed by atoms with Crippen LogP contribution in [-0.4, -0.2) is 14.2 Å². The summed E-state index contributed by atoms with van der Waals surface area (Å²) in [7, 11) is -4.13. The molecular weight excluding hydrogens is 419 g/mol. The van der Waals surface area contributed by atoms with Gasteiger partial charge in [0.15, 0.2) is 5.78 Å². The van der Waals surface area contributed by atoms with Crippen molar-refractivity contribution in [2.24, 2.45) is 0 Å². The van der Waals surface area contributed by atoms with E-state index in [2.05, 4.69) is 0 Å². The maximum atomic E-state index is 12.4. The normalized spacial score (nSPS) is 11.5. The zero-order valence-corrected chi connectivity index (χ0v) is 16.7. The second kappa shape index (κ2) is 8.61. The molecule has 0 spiro atoms. The van der Waals surface area contributed by atoms with Crippen molar-refractivity contribution in [1.82, 2.24) is 0 Å². The zero-order valence-electron chi connectivity index (χ0n) is 14.4. The summed E-state index contributed by atoms with van der Waals surface area (Å²) in [5.41, 5.74) is 1.30. The molecule has 0 radical (unpaired) electrons. The van der Waals surface area contributed by atoms with E-state index in [1.165, 1.54) is 36.4 Å². The minimum atomic E-state index is -4.13. The van der Waals surface area contributed by atoms with Crippen LogP contribution in [0.2, 0.25) is 10.0 Å². The monoisotopic (exact) mass is 432 g/mol. The Kier molecular flexibility index (Phi) is 6.19. The zero-order chi connectivity index (χ0) is 20.1. The van der Waals surface area contributed by atoms with Crippen LogP contribution in [0.25, 0.3) is 6.08 Å². The molecule has 0 saturated heterocycles. The average molecular weight is 433 g/mol. The highest BCUT2D eigenvalue weighted by Gasteiger charge is 2.20. The minimum absolute atomic E-state index is 0.0170. The van der Waals surface area contributed by atoms with Crippen molar-refractivity contribution in [1.29, 1.82) is 0 Å². The predicted molar refractivity (Wildman–Crippen MR) is 111 cm³/mol. The third-order valence-electron chi connectivity index (χ3n) is 3.73. The van der Waals surface area contributed by atoms with E-state index < -0.39 is 10.1 Å². The van der Waals surface area contributed by atoms with Gasteiger partial charge in [0.2, 0.25) is 0 Å². The highest BCUT2D eigenvalue weighted by atomic mass is 35.5. The number of allylic oxidation sites excluding steroid dienone is 1. The molecule has 7 heteroatoms. The van der Waals surface area contributed by atoms with Gasteiger partial charge < -0.3 is 4.18 Å². The van der Waals surface area contributed by atoms with Crippen molar-refractivity contribution in [2.45, 2.75) is 4.90 Å². The first-order chi connectivity index (χ1) is 13.3. The molecule has 0 aliphatic rings. The molecule has 0 saturated carbocycles. The molecule has 0 amide bonds. The molecule has 0 heterocycles. The van der Waals surface area contributed by atoms with Gasteiger partial charge >= 0.3 is 10.1 Å². The van der Waals surface area contributed by atoms with Crippen LogP contribution >= 0.6 is 23.2 Å². The van der Waals surface area contributed by atoms with Gasteiger partial charge in [-0.2, -0.15) is 8.42 Å². The maximum Gasteiger partial charge on any atom is 0.340 e. The SMILES string of the molecule is O=C(/C=C/c1ccc(OS(=O)(=O)c2cc(Cl)ccc2Cl)cc1)c1ccccc1. The van der Waals surface area contributed by atoms with Crippen molar-refractivity contribution in [3.63, 3.8) is 0 Å². The highest BCUT2D eigenvalue weighted by Crippen LogP contribution is 2.28. The molecule has 0 fully saturated rings. The summed E-state index contributed by atoms with van der Waals surface area (Å²) in [6, 6.07) is 19.2. The topological polar surface area (TPSA) is 60.4 Å². The van der Waals surface area contributed by atoms with Gasteiger partial charge in [-0.25, -0.2) is 0 Å². The van der Waals surface area contributed by atoms with E-state index in [1.54, 1.807) is 42.5 Å². The van der Waals surface area contributed by atoms with Crippen LogP contribution in [0.3, 0.4) is 0 Å². The summed E-state index contributed by atoms with van der Waals surface area (Å²) in [4.78, 5) is 11.9. The van der Waals surface area contributed by atoms with Gasteiger partial charge in [0.05, 0.1) is 5.02 Å². The van der Waals surface area contributed by atoms with Crippen LogP contribution in [0.4, 0.5) is 0 Å². The molecular formula is C21H14Cl2O4S. The smallest absolute Gasteiger partial charge is 0.340 e. The average Bonchev–Trinajstić information content (AvgIpc) is 2.69. The second-order valence-electron chi connectivity index (χ2n) is 5.74. The second-order valence-corrected chi connectivity index (χ2v) is 8.10. The summed E-state index contributed by atoms with van der Waals surface area (Å²) in [6.07, 6.45) is 3.09. The summed E-state index contributed by atoms with van der Waals surface area (Å²) in [5, 5.41) is 0.249. The number of benzene rings is 3. The van der Waals surface area contributed by atoms with Crippen molar-refractivity contribution in [3.05, 3.63) is 100 Å². The number of rotatable bonds is 6. The molecule has 4 nitrogen and oxygen atoms in total. The number of carbonyl (C=O) groups excluding carboxylic acids is 1. The Bertz CT molecular complexity index is 1120. The van der Waals surface area contributed by atoms with Crippen LogP contribution in [0.15, 0.2) is 83.8 Å². The predicted octanol–water partition coefficient (Wildman–Crippen LogP) is 5.66. The summed E-state index contributed by atoms with van der Waals surface area (Å²) >= 11 is 11.8. The minimum Gasteiger partial charge on any atom is -0.379 e. The maximum absolute atomic E-state index is 12.4. The first kappa shape index (κ1) is 20.1. The Morgan fingerprint density at radius 1 is 0.893 bits per heavy atom. The third kappa shape index (κ3) is 5.01. The van der Waals surface area contributed by atoms with Crippen molar-refractivity contribution < 1.29 is 17.4 Å². The number of hydrogen-bond acceptors (Lipinski definition) is 4. The number of halogens is 2. The highest BCUT2D eigenvalue weighted by molar-refractivity contribution is 7.87. The molecule has 0 aliphatic carbocycles. The molecule has 0 aromatic heterocycles. The van der Waals surface area contributed by atoms with Crippen molar-refractivity contribution in [2.75, 3.05) is 0 Å². The summed E-state index contributed by atoms with van der Waals surface area (Å²) in [6.45, 7) is 0. The van der Waals surface area contributed by atoms with Crippen LogP contribution < -0.4 is 4.18 Å². The van der Waals surface area contributed by atoms with Gasteiger partial charge in [0.25, 0.3) is 0 Å². The molecule has 28 heavy (non-hydrogen) atoms. The molecule has 0 aliphatic heterocycles.